The van der Waals surface area contributed by atoms with Gasteiger partial charge in [-0.05, 0) is 54.8 Å². The van der Waals surface area contributed by atoms with Crippen molar-refractivity contribution in [3.05, 3.63) is 59.7 Å². The first-order valence-electron chi connectivity index (χ1n) is 10.3. The zero-order valence-corrected chi connectivity index (χ0v) is 17.5. The number of hydrogen-bond donors (Lipinski definition) is 0. The normalized spacial score (nSPS) is 16.0. The first kappa shape index (κ1) is 20.8. The molecular formula is C23H24FN3O4. The molecule has 8 heteroatoms. The number of methoxy groups -OCH3 is 1. The molecule has 0 aliphatic carbocycles. The summed E-state index contributed by atoms with van der Waals surface area (Å²) in [4.78, 5) is 18.6. The number of nitrogens with zero attached hydrogens (tertiary/aromatic N) is 3. The molecular weight excluding hydrogens is 401 g/mol. The van der Waals surface area contributed by atoms with Gasteiger partial charge in [0.2, 0.25) is 17.6 Å². The van der Waals surface area contributed by atoms with Crippen LogP contribution in [0.3, 0.4) is 0 Å². The minimum Gasteiger partial charge on any atom is -0.494 e. The minimum absolute atomic E-state index is 0.0293. The second-order valence-corrected chi connectivity index (χ2v) is 7.37. The van der Waals surface area contributed by atoms with Gasteiger partial charge >= 0.3 is 0 Å². The third-order valence-electron chi connectivity index (χ3n) is 5.21. The van der Waals surface area contributed by atoms with E-state index in [0.29, 0.717) is 36.7 Å². The van der Waals surface area contributed by atoms with E-state index in [9.17, 15) is 9.18 Å². The molecule has 31 heavy (non-hydrogen) atoms. The van der Waals surface area contributed by atoms with Crippen molar-refractivity contribution in [2.24, 2.45) is 0 Å². The highest BCUT2D eigenvalue weighted by Gasteiger charge is 2.36. The van der Waals surface area contributed by atoms with Crippen LogP contribution < -0.4 is 9.47 Å². The summed E-state index contributed by atoms with van der Waals surface area (Å²) in [7, 11) is 1.41. The van der Waals surface area contributed by atoms with Gasteiger partial charge in [-0.3, -0.25) is 4.79 Å². The number of likely N-dealkylation sites (tertiary alicyclic amines) is 1. The first-order chi connectivity index (χ1) is 15.1. The predicted molar refractivity (Wildman–Crippen MR) is 111 cm³/mol. The maximum atomic E-state index is 14.1. The Morgan fingerprint density at radius 3 is 2.74 bits per heavy atom. The van der Waals surface area contributed by atoms with Gasteiger partial charge in [0, 0.05) is 18.5 Å². The van der Waals surface area contributed by atoms with Gasteiger partial charge in [-0.1, -0.05) is 18.1 Å². The Hall–Kier alpha value is -3.42. The average molecular weight is 425 g/mol. The van der Waals surface area contributed by atoms with E-state index in [2.05, 4.69) is 17.1 Å². The molecule has 1 atom stereocenters. The number of benzene rings is 2. The van der Waals surface area contributed by atoms with E-state index in [1.165, 1.54) is 13.2 Å². The van der Waals surface area contributed by atoms with Crippen molar-refractivity contribution in [1.82, 2.24) is 15.0 Å². The molecule has 1 aromatic heterocycles. The average Bonchev–Trinajstić information content (AvgIpc) is 3.40. The zero-order chi connectivity index (χ0) is 21.8. The fourth-order valence-electron chi connectivity index (χ4n) is 3.60. The van der Waals surface area contributed by atoms with Crippen LogP contribution >= 0.6 is 0 Å². The van der Waals surface area contributed by atoms with Crippen molar-refractivity contribution in [1.29, 1.82) is 0 Å². The predicted octanol–water partition coefficient (Wildman–Crippen LogP) is 4.54. The molecule has 3 aromatic rings. The second-order valence-electron chi connectivity index (χ2n) is 7.37. The third-order valence-corrected chi connectivity index (χ3v) is 5.21. The summed E-state index contributed by atoms with van der Waals surface area (Å²) < 4.78 is 30.1. The molecule has 0 bridgehead atoms. The molecule has 1 aliphatic rings. The summed E-state index contributed by atoms with van der Waals surface area (Å²) >= 11 is 0. The van der Waals surface area contributed by atoms with Gasteiger partial charge in [-0.2, -0.15) is 4.98 Å². The van der Waals surface area contributed by atoms with Crippen LogP contribution in [-0.4, -0.2) is 34.7 Å². The van der Waals surface area contributed by atoms with Crippen LogP contribution in [0.25, 0.3) is 11.4 Å². The molecule has 0 saturated carbocycles. The Labute approximate surface area is 179 Å². The molecule has 162 valence electrons. The lowest BCUT2D eigenvalue weighted by molar-refractivity contribution is -0.130. The molecule has 0 spiro atoms. The van der Waals surface area contributed by atoms with Crippen molar-refractivity contribution >= 4 is 5.91 Å². The largest absolute Gasteiger partial charge is 0.494 e. The van der Waals surface area contributed by atoms with Crippen molar-refractivity contribution in [3.8, 4) is 22.9 Å². The van der Waals surface area contributed by atoms with Crippen LogP contribution in [0.5, 0.6) is 11.5 Å². The van der Waals surface area contributed by atoms with E-state index in [-0.39, 0.29) is 24.2 Å². The van der Waals surface area contributed by atoms with E-state index in [4.69, 9.17) is 14.0 Å². The molecule has 7 nitrogen and oxygen atoms in total. The molecule has 1 amide bonds. The lowest BCUT2D eigenvalue weighted by atomic mass is 10.1. The molecule has 0 N–H and O–H groups in total. The Morgan fingerprint density at radius 1 is 1.23 bits per heavy atom. The Kier molecular flexibility index (Phi) is 6.16. The monoisotopic (exact) mass is 425 g/mol. The van der Waals surface area contributed by atoms with Gasteiger partial charge in [0.1, 0.15) is 11.8 Å². The summed E-state index contributed by atoms with van der Waals surface area (Å²) in [5.74, 6) is 1.29. The highest BCUT2D eigenvalue weighted by atomic mass is 19.1. The second kappa shape index (κ2) is 9.16. The van der Waals surface area contributed by atoms with Crippen LogP contribution in [0.15, 0.2) is 47.0 Å². The number of carbonyl (C=O) groups is 1. The van der Waals surface area contributed by atoms with Crippen molar-refractivity contribution in [3.63, 3.8) is 0 Å². The standard InChI is InChI=1S/C23H24FN3O4/c1-3-12-30-17-7-5-16(6-8-17)22-25-23(31-26-22)19-9-11-21(28)27(19)14-15-4-10-20(29-2)18(24)13-15/h4-8,10,13,19H,3,9,11-12,14H2,1-2H3. The van der Waals surface area contributed by atoms with E-state index in [1.807, 2.05) is 24.3 Å². The SMILES string of the molecule is CCCOc1ccc(-c2noc(C3CCC(=O)N3Cc3ccc(OC)c(F)c3)n2)cc1. The summed E-state index contributed by atoms with van der Waals surface area (Å²) in [5, 5.41) is 4.08. The minimum atomic E-state index is -0.463. The van der Waals surface area contributed by atoms with Gasteiger partial charge in [-0.15, -0.1) is 0 Å². The van der Waals surface area contributed by atoms with Crippen LogP contribution in [-0.2, 0) is 11.3 Å². The van der Waals surface area contributed by atoms with E-state index >= 15 is 0 Å². The summed E-state index contributed by atoms with van der Waals surface area (Å²) in [6.07, 6.45) is 1.89. The van der Waals surface area contributed by atoms with Crippen LogP contribution in [0, 0.1) is 5.82 Å². The molecule has 0 radical (unpaired) electrons. The fourth-order valence-corrected chi connectivity index (χ4v) is 3.60. The van der Waals surface area contributed by atoms with Gasteiger partial charge in [0.25, 0.3) is 0 Å². The molecule has 1 unspecified atom stereocenters. The molecule has 1 saturated heterocycles. The number of hydrogen-bond acceptors (Lipinski definition) is 6. The third kappa shape index (κ3) is 4.52. The van der Waals surface area contributed by atoms with E-state index in [0.717, 1.165) is 17.7 Å². The van der Waals surface area contributed by atoms with Crippen molar-refractivity contribution in [2.45, 2.75) is 38.8 Å². The van der Waals surface area contributed by atoms with Crippen molar-refractivity contribution in [2.75, 3.05) is 13.7 Å². The van der Waals surface area contributed by atoms with Gasteiger partial charge in [0.15, 0.2) is 11.6 Å². The summed E-state index contributed by atoms with van der Waals surface area (Å²) in [6.45, 7) is 2.97. The Bertz CT molecular complexity index is 1050. The fraction of sp³-hybridized carbons (Fsp3) is 0.348. The maximum absolute atomic E-state index is 14.1. The van der Waals surface area contributed by atoms with Crippen LogP contribution in [0.2, 0.25) is 0 Å². The van der Waals surface area contributed by atoms with Gasteiger partial charge in [0.05, 0.1) is 13.7 Å². The molecule has 2 aromatic carbocycles. The highest BCUT2D eigenvalue weighted by molar-refractivity contribution is 5.78. The van der Waals surface area contributed by atoms with Gasteiger partial charge < -0.3 is 18.9 Å². The molecule has 1 aliphatic heterocycles. The van der Waals surface area contributed by atoms with Crippen LogP contribution in [0.4, 0.5) is 4.39 Å². The summed E-state index contributed by atoms with van der Waals surface area (Å²) in [6, 6.07) is 11.8. The number of rotatable bonds is 8. The lowest BCUT2D eigenvalue weighted by Gasteiger charge is -2.22. The van der Waals surface area contributed by atoms with Crippen molar-refractivity contribution < 1.29 is 23.2 Å². The topological polar surface area (TPSA) is 77.7 Å². The number of aromatic nitrogens is 2. The maximum Gasteiger partial charge on any atom is 0.249 e. The molecule has 4 rings (SSSR count). The Morgan fingerprint density at radius 2 is 2.03 bits per heavy atom. The molecule has 2 heterocycles. The lowest BCUT2D eigenvalue weighted by Crippen LogP contribution is -2.27. The number of halogens is 1. The van der Waals surface area contributed by atoms with E-state index < -0.39 is 5.82 Å². The summed E-state index contributed by atoms with van der Waals surface area (Å²) in [5.41, 5.74) is 1.47. The van der Waals surface area contributed by atoms with Gasteiger partial charge in [-0.25, -0.2) is 4.39 Å². The number of amides is 1. The zero-order valence-electron chi connectivity index (χ0n) is 17.5. The van der Waals surface area contributed by atoms with Crippen LogP contribution in [0.1, 0.15) is 43.7 Å². The Balaban J connectivity index is 1.50. The first-order valence-corrected chi connectivity index (χ1v) is 10.3. The highest BCUT2D eigenvalue weighted by Crippen LogP contribution is 2.34. The quantitative estimate of drug-likeness (QED) is 0.527. The van der Waals surface area contributed by atoms with E-state index in [1.54, 1.807) is 17.0 Å². The smallest absolute Gasteiger partial charge is 0.249 e. The number of carbonyl (C=O) groups excluding carboxylic acids is 1. The molecule has 1 fully saturated rings. The number of ether oxygens (including phenoxy) is 2.